The number of fused-ring (bicyclic) bond motifs is 1. The minimum Gasteiger partial charge on any atom is -0.378 e. The summed E-state index contributed by atoms with van der Waals surface area (Å²) in [4.78, 5) is 0. The Hall–Kier alpha value is -1.38. The highest BCUT2D eigenvalue weighted by atomic mass is 16.5. The number of hydrogen-bond donors (Lipinski definition) is 1. The first-order chi connectivity index (χ1) is 9.24. The van der Waals surface area contributed by atoms with Crippen LogP contribution >= 0.6 is 0 Å². The van der Waals surface area contributed by atoms with Gasteiger partial charge < -0.3 is 10.5 Å². The molecular weight excluding hydrogens is 234 g/mol. The zero-order valence-electron chi connectivity index (χ0n) is 11.4. The summed E-state index contributed by atoms with van der Waals surface area (Å²) in [7, 11) is 0. The van der Waals surface area contributed by atoms with Gasteiger partial charge in [0.2, 0.25) is 0 Å². The molecule has 2 heteroatoms. The van der Waals surface area contributed by atoms with Crippen molar-refractivity contribution in [2.45, 2.75) is 31.9 Å². The molecule has 1 aliphatic heterocycles. The Balaban J connectivity index is 1.77. The number of nitrogens with two attached hydrogens (primary N) is 1. The fourth-order valence-electron chi connectivity index (χ4n) is 3.10. The third-order valence-electron chi connectivity index (χ3n) is 4.27. The van der Waals surface area contributed by atoms with E-state index in [2.05, 4.69) is 49.4 Å². The molecule has 3 atom stereocenters. The molecule has 0 spiro atoms. The topological polar surface area (TPSA) is 35.2 Å². The molecule has 0 aromatic heterocycles. The Morgan fingerprint density at radius 1 is 1.21 bits per heavy atom. The van der Waals surface area contributed by atoms with E-state index in [0.717, 1.165) is 19.4 Å². The molecule has 2 aromatic rings. The lowest BCUT2D eigenvalue weighted by molar-refractivity contribution is 0.0995. The summed E-state index contributed by atoms with van der Waals surface area (Å²) >= 11 is 0. The molecule has 19 heavy (non-hydrogen) atoms. The average Bonchev–Trinajstić information content (AvgIpc) is 2.85. The Kier molecular flexibility index (Phi) is 3.54. The second-order valence-corrected chi connectivity index (χ2v) is 5.58. The lowest BCUT2D eigenvalue weighted by atomic mass is 9.89. The Bertz CT molecular complexity index is 566. The molecule has 0 aliphatic carbocycles. The number of hydrogen-bond acceptors (Lipinski definition) is 2. The van der Waals surface area contributed by atoms with E-state index in [1.807, 2.05) is 0 Å². The molecule has 2 N–H and O–H groups in total. The van der Waals surface area contributed by atoms with Gasteiger partial charge in [-0.25, -0.2) is 0 Å². The largest absolute Gasteiger partial charge is 0.378 e. The molecule has 3 rings (SSSR count). The molecule has 0 amide bonds. The maximum Gasteiger partial charge on any atom is 0.0590 e. The zero-order valence-corrected chi connectivity index (χ0v) is 11.4. The monoisotopic (exact) mass is 255 g/mol. The quantitative estimate of drug-likeness (QED) is 0.914. The van der Waals surface area contributed by atoms with Crippen molar-refractivity contribution in [3.05, 3.63) is 48.0 Å². The van der Waals surface area contributed by atoms with Crippen molar-refractivity contribution in [2.24, 2.45) is 11.7 Å². The van der Waals surface area contributed by atoms with Gasteiger partial charge in [0, 0.05) is 18.6 Å². The van der Waals surface area contributed by atoms with Gasteiger partial charge in [0.1, 0.15) is 0 Å². The van der Waals surface area contributed by atoms with Crippen LogP contribution in [0.1, 0.15) is 18.9 Å². The van der Waals surface area contributed by atoms with Gasteiger partial charge in [0.15, 0.2) is 0 Å². The molecule has 0 saturated carbocycles. The Labute approximate surface area is 114 Å². The van der Waals surface area contributed by atoms with Crippen molar-refractivity contribution >= 4 is 10.8 Å². The molecule has 100 valence electrons. The summed E-state index contributed by atoms with van der Waals surface area (Å²) < 4.78 is 5.61. The van der Waals surface area contributed by atoms with E-state index in [1.165, 1.54) is 16.3 Å². The first-order valence-corrected chi connectivity index (χ1v) is 7.09. The van der Waals surface area contributed by atoms with Gasteiger partial charge in [-0.05, 0) is 36.1 Å². The highest BCUT2D eigenvalue weighted by Gasteiger charge is 2.29. The van der Waals surface area contributed by atoms with E-state index < -0.39 is 0 Å². The summed E-state index contributed by atoms with van der Waals surface area (Å²) in [6, 6.07) is 15.3. The lowest BCUT2D eigenvalue weighted by Crippen LogP contribution is -2.36. The summed E-state index contributed by atoms with van der Waals surface area (Å²) in [5.41, 5.74) is 7.69. The molecule has 1 fully saturated rings. The van der Waals surface area contributed by atoms with Crippen LogP contribution in [0.3, 0.4) is 0 Å². The number of ether oxygens (including phenoxy) is 1. The van der Waals surface area contributed by atoms with E-state index in [0.29, 0.717) is 12.0 Å². The van der Waals surface area contributed by atoms with Gasteiger partial charge >= 0.3 is 0 Å². The van der Waals surface area contributed by atoms with Crippen LogP contribution in [0.4, 0.5) is 0 Å². The van der Waals surface area contributed by atoms with Gasteiger partial charge in [0.05, 0.1) is 6.10 Å². The molecule has 2 nitrogen and oxygen atoms in total. The van der Waals surface area contributed by atoms with Crippen molar-refractivity contribution in [3.63, 3.8) is 0 Å². The fraction of sp³-hybridized carbons (Fsp3) is 0.412. The second-order valence-electron chi connectivity index (χ2n) is 5.58. The zero-order chi connectivity index (χ0) is 13.2. The molecule has 0 radical (unpaired) electrons. The number of benzene rings is 2. The van der Waals surface area contributed by atoms with Crippen LogP contribution in [0.15, 0.2) is 42.5 Å². The maximum atomic E-state index is 6.37. The lowest BCUT2D eigenvalue weighted by Gasteiger charge is -2.22. The van der Waals surface area contributed by atoms with Crippen molar-refractivity contribution in [1.29, 1.82) is 0 Å². The highest BCUT2D eigenvalue weighted by molar-refractivity contribution is 5.82. The maximum absolute atomic E-state index is 6.37. The Morgan fingerprint density at radius 2 is 2.00 bits per heavy atom. The van der Waals surface area contributed by atoms with E-state index in [9.17, 15) is 0 Å². The molecule has 3 unspecified atom stereocenters. The molecule has 1 heterocycles. The summed E-state index contributed by atoms with van der Waals surface area (Å²) in [5.74, 6) is 0.492. The summed E-state index contributed by atoms with van der Waals surface area (Å²) in [6.07, 6.45) is 2.33. The van der Waals surface area contributed by atoms with Gasteiger partial charge in [-0.15, -0.1) is 0 Å². The molecule has 1 saturated heterocycles. The van der Waals surface area contributed by atoms with Gasteiger partial charge in [-0.2, -0.15) is 0 Å². The normalized spacial score (nSPS) is 24.7. The standard InChI is InChI=1S/C17H21NO/c1-12-16(8-9-19-12)17(18)11-13-6-7-14-4-2-3-5-15(14)10-13/h2-7,10,12,16-17H,8-9,11,18H2,1H3. The fourth-order valence-corrected chi connectivity index (χ4v) is 3.10. The predicted octanol–water partition coefficient (Wildman–Crippen LogP) is 3.13. The minimum absolute atomic E-state index is 0.193. The van der Waals surface area contributed by atoms with Crippen molar-refractivity contribution in [3.8, 4) is 0 Å². The van der Waals surface area contributed by atoms with Crippen LogP contribution in [-0.4, -0.2) is 18.8 Å². The Morgan fingerprint density at radius 3 is 2.74 bits per heavy atom. The summed E-state index contributed by atoms with van der Waals surface area (Å²) in [6.45, 7) is 3.00. The first-order valence-electron chi connectivity index (χ1n) is 7.09. The van der Waals surface area contributed by atoms with Crippen LogP contribution in [0.25, 0.3) is 10.8 Å². The van der Waals surface area contributed by atoms with E-state index in [4.69, 9.17) is 10.5 Å². The third-order valence-corrected chi connectivity index (χ3v) is 4.27. The SMILES string of the molecule is CC1OCCC1C(N)Cc1ccc2ccccc2c1. The van der Waals surface area contributed by atoms with E-state index >= 15 is 0 Å². The second kappa shape index (κ2) is 5.32. The van der Waals surface area contributed by atoms with E-state index in [-0.39, 0.29) is 6.04 Å². The van der Waals surface area contributed by atoms with Crippen LogP contribution in [-0.2, 0) is 11.2 Å². The van der Waals surface area contributed by atoms with Crippen molar-refractivity contribution in [1.82, 2.24) is 0 Å². The predicted molar refractivity (Wildman–Crippen MR) is 79.1 cm³/mol. The van der Waals surface area contributed by atoms with Gasteiger partial charge in [-0.3, -0.25) is 0 Å². The molecule has 1 aliphatic rings. The first kappa shape index (κ1) is 12.6. The smallest absolute Gasteiger partial charge is 0.0590 e. The van der Waals surface area contributed by atoms with Crippen LogP contribution in [0, 0.1) is 5.92 Å². The molecule has 0 bridgehead atoms. The van der Waals surface area contributed by atoms with Crippen molar-refractivity contribution < 1.29 is 4.74 Å². The molecular formula is C17H21NO. The summed E-state index contributed by atoms with van der Waals surface area (Å²) in [5, 5.41) is 2.58. The minimum atomic E-state index is 0.193. The average molecular weight is 255 g/mol. The van der Waals surface area contributed by atoms with Crippen LogP contribution < -0.4 is 5.73 Å². The third kappa shape index (κ3) is 2.65. The number of rotatable bonds is 3. The molecule has 2 aromatic carbocycles. The van der Waals surface area contributed by atoms with Crippen molar-refractivity contribution in [2.75, 3.05) is 6.61 Å². The van der Waals surface area contributed by atoms with Gasteiger partial charge in [0.25, 0.3) is 0 Å². The van der Waals surface area contributed by atoms with E-state index in [1.54, 1.807) is 0 Å². The van der Waals surface area contributed by atoms with Crippen LogP contribution in [0.5, 0.6) is 0 Å². The van der Waals surface area contributed by atoms with Crippen LogP contribution in [0.2, 0.25) is 0 Å². The highest BCUT2D eigenvalue weighted by Crippen LogP contribution is 2.25. The van der Waals surface area contributed by atoms with Gasteiger partial charge in [-0.1, -0.05) is 42.5 Å².